The van der Waals surface area contributed by atoms with Crippen LogP contribution >= 0.6 is 0 Å². The minimum atomic E-state index is -1.68. The molecule has 26 heavy (non-hydrogen) atoms. The molecule has 0 aliphatic rings. The summed E-state index contributed by atoms with van der Waals surface area (Å²) in [5, 5.41) is 4.05. The van der Waals surface area contributed by atoms with Crippen LogP contribution in [0.1, 0.15) is 80.1 Å². The first-order valence-corrected chi connectivity index (χ1v) is 16.3. The van der Waals surface area contributed by atoms with Crippen molar-refractivity contribution >= 4 is 22.5 Å². The summed E-state index contributed by atoms with van der Waals surface area (Å²) in [4.78, 5) is 4.66. The highest BCUT2D eigenvalue weighted by Gasteiger charge is 2.50. The van der Waals surface area contributed by atoms with Crippen LogP contribution in [0.3, 0.4) is 0 Å². The lowest BCUT2D eigenvalue weighted by Crippen LogP contribution is -2.67. The van der Waals surface area contributed by atoms with E-state index < -0.39 is 16.5 Å². The largest absolute Gasteiger partial charge is 0.377 e. The SMILES string of the molecule is CCC[Si](CCC)(CCC)N(c1ncno1)[Si](CCC)(CCC)CCC. The Balaban J connectivity index is 3.60. The summed E-state index contributed by atoms with van der Waals surface area (Å²) in [6.45, 7) is 14.2. The van der Waals surface area contributed by atoms with Gasteiger partial charge in [0.2, 0.25) is 0 Å². The molecule has 1 aromatic heterocycles. The van der Waals surface area contributed by atoms with Crippen LogP contribution in [0, 0.1) is 0 Å². The zero-order valence-corrected chi connectivity index (χ0v) is 20.3. The minimum Gasteiger partial charge on any atom is -0.377 e. The molecule has 0 N–H and O–H groups in total. The molecule has 4 nitrogen and oxygen atoms in total. The van der Waals surface area contributed by atoms with Crippen molar-refractivity contribution < 1.29 is 4.52 Å². The van der Waals surface area contributed by atoms with E-state index >= 15 is 0 Å². The van der Waals surface area contributed by atoms with E-state index in [-0.39, 0.29) is 0 Å². The molecule has 0 unspecified atom stereocenters. The lowest BCUT2D eigenvalue weighted by atomic mass is 10.5. The van der Waals surface area contributed by atoms with Crippen molar-refractivity contribution in [2.75, 3.05) is 4.23 Å². The molecule has 152 valence electrons. The molecule has 0 aliphatic heterocycles. The van der Waals surface area contributed by atoms with Gasteiger partial charge in [-0.25, -0.2) is 0 Å². The summed E-state index contributed by atoms with van der Waals surface area (Å²) in [5.41, 5.74) is 0. The quantitative estimate of drug-likeness (QED) is 0.293. The Labute approximate surface area is 164 Å². The number of nitrogens with zero attached hydrogens (tertiary/aromatic N) is 3. The first-order chi connectivity index (χ1) is 12.6. The average molecular weight is 398 g/mol. The highest BCUT2D eigenvalue weighted by Crippen LogP contribution is 2.42. The summed E-state index contributed by atoms with van der Waals surface area (Å²) >= 11 is 0. The Morgan fingerprint density at radius 1 is 0.692 bits per heavy atom. The summed E-state index contributed by atoms with van der Waals surface area (Å²) in [7, 11) is -3.36. The van der Waals surface area contributed by atoms with Gasteiger partial charge in [-0.1, -0.05) is 85.2 Å². The second-order valence-corrected chi connectivity index (χ2v) is 17.2. The maximum atomic E-state index is 5.82. The van der Waals surface area contributed by atoms with Crippen LogP contribution in [0.4, 0.5) is 6.01 Å². The van der Waals surface area contributed by atoms with Gasteiger partial charge in [-0.2, -0.15) is 4.98 Å². The van der Waals surface area contributed by atoms with Crippen LogP contribution < -0.4 is 4.23 Å². The van der Waals surface area contributed by atoms with Gasteiger partial charge in [-0.3, -0.25) is 0 Å². The third kappa shape index (κ3) is 5.44. The van der Waals surface area contributed by atoms with Gasteiger partial charge in [-0.15, -0.1) is 0 Å². The molecule has 0 aliphatic carbocycles. The number of anilines is 1. The molecule has 0 saturated carbocycles. The summed E-state index contributed by atoms with van der Waals surface area (Å²) in [6, 6.07) is 9.05. The van der Waals surface area contributed by atoms with E-state index in [1.165, 1.54) is 74.8 Å². The Morgan fingerprint density at radius 3 is 1.27 bits per heavy atom. The number of rotatable bonds is 15. The van der Waals surface area contributed by atoms with Gasteiger partial charge >= 0.3 is 6.01 Å². The molecule has 0 saturated heterocycles. The van der Waals surface area contributed by atoms with Gasteiger partial charge in [0.05, 0.1) is 0 Å². The van der Waals surface area contributed by atoms with Crippen molar-refractivity contribution in [3.8, 4) is 0 Å². The first kappa shape index (κ1) is 23.4. The summed E-state index contributed by atoms with van der Waals surface area (Å²) < 4.78 is 8.74. The van der Waals surface area contributed by atoms with E-state index in [4.69, 9.17) is 4.52 Å². The smallest absolute Gasteiger partial charge is 0.307 e. The molecule has 1 heterocycles. The lowest BCUT2D eigenvalue weighted by Gasteiger charge is -2.53. The predicted octanol–water partition coefficient (Wildman–Crippen LogP) is 7.23. The van der Waals surface area contributed by atoms with E-state index in [2.05, 4.69) is 55.9 Å². The van der Waals surface area contributed by atoms with E-state index in [0.29, 0.717) is 0 Å². The molecule has 0 amide bonds. The van der Waals surface area contributed by atoms with Gasteiger partial charge in [0.15, 0.2) is 22.8 Å². The number of hydrogen-bond donors (Lipinski definition) is 0. The molecule has 1 rings (SSSR count). The lowest BCUT2D eigenvalue weighted by molar-refractivity contribution is 0.427. The van der Waals surface area contributed by atoms with Gasteiger partial charge in [-0.05, 0) is 36.3 Å². The zero-order chi connectivity index (χ0) is 19.5. The Bertz CT molecular complexity index is 408. The topological polar surface area (TPSA) is 42.2 Å². The van der Waals surface area contributed by atoms with Gasteiger partial charge in [0.25, 0.3) is 0 Å². The molecular weight excluding hydrogens is 354 g/mol. The van der Waals surface area contributed by atoms with Crippen molar-refractivity contribution in [1.82, 2.24) is 10.1 Å². The Kier molecular flexibility index (Phi) is 10.8. The highest BCUT2D eigenvalue weighted by atomic mass is 28.4. The third-order valence-electron chi connectivity index (χ3n) is 5.78. The molecule has 0 aromatic carbocycles. The van der Waals surface area contributed by atoms with Crippen LogP contribution in [-0.4, -0.2) is 26.6 Å². The summed E-state index contributed by atoms with van der Waals surface area (Å²) in [6.07, 6.45) is 9.24. The molecule has 0 bridgehead atoms. The maximum Gasteiger partial charge on any atom is 0.307 e. The fourth-order valence-electron chi connectivity index (χ4n) is 5.39. The minimum absolute atomic E-state index is 0.869. The average Bonchev–Trinajstić information content (AvgIpc) is 3.10. The standard InChI is InChI=1S/C20H43N3OSi2/c1-7-13-25(14-8-2,15-9-3)23(20-21-19-22-24-20)26(16-10-4,17-11-5)18-12-6/h19H,7-18H2,1-6H3. The van der Waals surface area contributed by atoms with Crippen LogP contribution in [0.2, 0.25) is 36.3 Å². The van der Waals surface area contributed by atoms with Crippen molar-refractivity contribution in [3.63, 3.8) is 0 Å². The van der Waals surface area contributed by atoms with Crippen LogP contribution in [0.5, 0.6) is 0 Å². The second kappa shape index (κ2) is 12.0. The van der Waals surface area contributed by atoms with E-state index in [9.17, 15) is 0 Å². The fraction of sp³-hybridized carbons (Fsp3) is 0.900. The first-order valence-electron chi connectivity index (χ1n) is 11.2. The van der Waals surface area contributed by atoms with Gasteiger partial charge in [0, 0.05) is 0 Å². The molecule has 0 atom stereocenters. The number of hydrogen-bond acceptors (Lipinski definition) is 4. The van der Waals surface area contributed by atoms with E-state index in [1.54, 1.807) is 6.33 Å². The van der Waals surface area contributed by atoms with Crippen molar-refractivity contribution in [2.24, 2.45) is 0 Å². The van der Waals surface area contributed by atoms with Crippen LogP contribution in [0.25, 0.3) is 0 Å². The summed E-state index contributed by atoms with van der Waals surface area (Å²) in [5.74, 6) is 0. The number of aromatic nitrogens is 2. The second-order valence-electron chi connectivity index (χ2n) is 8.01. The zero-order valence-electron chi connectivity index (χ0n) is 18.3. The normalized spacial score (nSPS) is 12.5. The monoisotopic (exact) mass is 397 g/mol. The van der Waals surface area contributed by atoms with Crippen molar-refractivity contribution in [2.45, 2.75) is 116 Å². The molecule has 6 heteroatoms. The van der Waals surface area contributed by atoms with Crippen molar-refractivity contribution in [3.05, 3.63) is 6.33 Å². The highest BCUT2D eigenvalue weighted by molar-refractivity contribution is 7.02. The van der Waals surface area contributed by atoms with E-state index in [1.807, 2.05) is 0 Å². The fourth-order valence-corrected chi connectivity index (χ4v) is 20.9. The van der Waals surface area contributed by atoms with Crippen LogP contribution in [0.15, 0.2) is 10.9 Å². The molecular formula is C20H43N3OSi2. The molecule has 1 aromatic rings. The van der Waals surface area contributed by atoms with Gasteiger partial charge < -0.3 is 8.75 Å². The molecule has 0 radical (unpaired) electrons. The predicted molar refractivity (Wildman–Crippen MR) is 119 cm³/mol. The maximum absolute atomic E-state index is 5.82. The van der Waals surface area contributed by atoms with Gasteiger partial charge in [0.1, 0.15) is 0 Å². The molecule has 0 spiro atoms. The van der Waals surface area contributed by atoms with E-state index in [0.717, 1.165) is 6.01 Å². The Morgan fingerprint density at radius 2 is 1.04 bits per heavy atom. The Hall–Kier alpha value is -0.626. The van der Waals surface area contributed by atoms with Crippen LogP contribution in [-0.2, 0) is 0 Å². The third-order valence-corrected chi connectivity index (χ3v) is 19.5. The van der Waals surface area contributed by atoms with Crippen molar-refractivity contribution in [1.29, 1.82) is 0 Å². The molecule has 0 fully saturated rings.